The van der Waals surface area contributed by atoms with Crippen LogP contribution in [0.2, 0.25) is 0 Å². The van der Waals surface area contributed by atoms with E-state index in [-0.39, 0.29) is 0 Å². The third kappa shape index (κ3) is 21.6. The maximum Gasteiger partial charge on any atom is -0.0279 e. The Hall–Kier alpha value is -3.90. The Labute approximate surface area is 252 Å². The van der Waals surface area contributed by atoms with Gasteiger partial charge >= 0.3 is 0 Å². The Morgan fingerprint density at radius 2 is 0.610 bits per heavy atom. The molecule has 5 rings (SSSR count). The topological polar surface area (TPSA) is 0 Å². The standard InChI is InChI=1S/C13H20.4C7H8/c1-3-4-5-6-7-13-10-8-12(2)9-11-13;4*1-7-5-3-2-4-6-7/h8-11H,3-7H2,1-2H3;4*2-6H,1H3. The van der Waals surface area contributed by atoms with E-state index in [9.17, 15) is 0 Å². The predicted molar refractivity (Wildman–Crippen MR) is 184 cm³/mol. The van der Waals surface area contributed by atoms with E-state index in [0.29, 0.717) is 0 Å². The zero-order chi connectivity index (χ0) is 30.0. The summed E-state index contributed by atoms with van der Waals surface area (Å²) in [5.74, 6) is 0. The lowest BCUT2D eigenvalue weighted by Crippen LogP contribution is -1.85. The molecule has 0 spiro atoms. The molecule has 0 aromatic heterocycles. The molecule has 0 heterocycles. The highest BCUT2D eigenvalue weighted by atomic mass is 14.0. The van der Waals surface area contributed by atoms with Crippen LogP contribution in [0.1, 0.15) is 66.0 Å². The second-order valence-electron chi connectivity index (χ2n) is 10.4. The first-order valence-corrected chi connectivity index (χ1v) is 15.0. The van der Waals surface area contributed by atoms with Crippen LogP contribution in [0, 0.1) is 34.6 Å². The highest BCUT2D eigenvalue weighted by molar-refractivity contribution is 5.21. The van der Waals surface area contributed by atoms with Gasteiger partial charge in [0.2, 0.25) is 0 Å². The molecule has 0 nitrogen and oxygen atoms in total. The molecule has 0 atom stereocenters. The van der Waals surface area contributed by atoms with Crippen LogP contribution in [0.5, 0.6) is 0 Å². The fourth-order valence-electron chi connectivity index (χ4n) is 3.65. The van der Waals surface area contributed by atoms with E-state index in [1.165, 1.54) is 65.5 Å². The zero-order valence-corrected chi connectivity index (χ0v) is 26.4. The van der Waals surface area contributed by atoms with Crippen LogP contribution in [0.3, 0.4) is 0 Å². The van der Waals surface area contributed by atoms with E-state index in [4.69, 9.17) is 0 Å². The summed E-state index contributed by atoms with van der Waals surface area (Å²) < 4.78 is 0. The Balaban J connectivity index is 0.000000264. The van der Waals surface area contributed by atoms with Gasteiger partial charge in [-0.25, -0.2) is 0 Å². The average molecular weight is 545 g/mol. The van der Waals surface area contributed by atoms with Gasteiger partial charge in [0, 0.05) is 0 Å². The van der Waals surface area contributed by atoms with Gasteiger partial charge in [0.1, 0.15) is 0 Å². The van der Waals surface area contributed by atoms with Crippen LogP contribution in [0.4, 0.5) is 0 Å². The Kier molecular flexibility index (Phi) is 20.5. The predicted octanol–water partition coefficient (Wildman–Crippen LogP) is 12.1. The van der Waals surface area contributed by atoms with Crippen LogP contribution in [0.15, 0.2) is 146 Å². The molecular weight excluding hydrogens is 492 g/mol. The Morgan fingerprint density at radius 3 is 0.854 bits per heavy atom. The second kappa shape index (κ2) is 23.9. The quantitative estimate of drug-likeness (QED) is 0.193. The molecule has 0 radical (unpaired) electrons. The van der Waals surface area contributed by atoms with Crippen LogP contribution in [-0.4, -0.2) is 0 Å². The zero-order valence-electron chi connectivity index (χ0n) is 26.4. The molecule has 0 aliphatic carbocycles. The van der Waals surface area contributed by atoms with Crippen molar-refractivity contribution in [2.45, 2.75) is 73.6 Å². The highest BCUT2D eigenvalue weighted by Gasteiger charge is 1.92. The van der Waals surface area contributed by atoms with Crippen molar-refractivity contribution in [3.8, 4) is 0 Å². The van der Waals surface area contributed by atoms with Crippen LogP contribution in [-0.2, 0) is 6.42 Å². The van der Waals surface area contributed by atoms with Crippen molar-refractivity contribution in [1.82, 2.24) is 0 Å². The molecule has 0 unspecified atom stereocenters. The molecule has 0 aliphatic heterocycles. The van der Waals surface area contributed by atoms with Gasteiger partial charge in [0.15, 0.2) is 0 Å². The normalized spacial score (nSPS) is 9.22. The van der Waals surface area contributed by atoms with E-state index in [0.717, 1.165) is 0 Å². The lowest BCUT2D eigenvalue weighted by molar-refractivity contribution is 0.667. The summed E-state index contributed by atoms with van der Waals surface area (Å²) in [5.41, 5.74) is 8.13. The van der Waals surface area contributed by atoms with E-state index in [1.807, 2.05) is 72.8 Å². The van der Waals surface area contributed by atoms with Crippen molar-refractivity contribution in [2.75, 3.05) is 0 Å². The van der Waals surface area contributed by atoms with Gasteiger partial charge in [-0.15, -0.1) is 0 Å². The van der Waals surface area contributed by atoms with Gasteiger partial charge in [-0.2, -0.15) is 0 Å². The number of benzene rings is 5. The summed E-state index contributed by atoms with van der Waals surface area (Å²) in [7, 11) is 0. The van der Waals surface area contributed by atoms with Crippen molar-refractivity contribution in [2.24, 2.45) is 0 Å². The van der Waals surface area contributed by atoms with Gasteiger partial charge in [-0.05, 0) is 53.0 Å². The largest absolute Gasteiger partial charge is 0.0654 e. The Morgan fingerprint density at radius 1 is 0.317 bits per heavy atom. The number of unbranched alkanes of at least 4 members (excludes halogenated alkanes) is 3. The van der Waals surface area contributed by atoms with Crippen molar-refractivity contribution in [1.29, 1.82) is 0 Å². The fourth-order valence-corrected chi connectivity index (χ4v) is 3.65. The third-order valence-electron chi connectivity index (χ3n) is 6.20. The summed E-state index contributed by atoms with van der Waals surface area (Å²) in [6, 6.07) is 50.0. The van der Waals surface area contributed by atoms with E-state index >= 15 is 0 Å². The summed E-state index contributed by atoms with van der Waals surface area (Å²) >= 11 is 0. The third-order valence-corrected chi connectivity index (χ3v) is 6.20. The molecule has 0 bridgehead atoms. The SMILES string of the molecule is CCCCCCc1ccc(C)cc1.Cc1ccccc1.Cc1ccccc1.Cc1ccccc1.Cc1ccccc1. The van der Waals surface area contributed by atoms with Gasteiger partial charge < -0.3 is 0 Å². The molecular formula is C41H52. The highest BCUT2D eigenvalue weighted by Crippen LogP contribution is 2.09. The van der Waals surface area contributed by atoms with E-state index < -0.39 is 0 Å². The minimum absolute atomic E-state index is 1.25. The smallest absolute Gasteiger partial charge is 0.0279 e. The van der Waals surface area contributed by atoms with Crippen LogP contribution in [0.25, 0.3) is 0 Å². The molecule has 0 saturated carbocycles. The van der Waals surface area contributed by atoms with Crippen LogP contribution < -0.4 is 0 Å². The molecule has 0 heteroatoms. The first-order chi connectivity index (χ1) is 19.9. The second-order valence-corrected chi connectivity index (χ2v) is 10.4. The van der Waals surface area contributed by atoms with Crippen molar-refractivity contribution in [3.05, 3.63) is 179 Å². The molecule has 0 fully saturated rings. The molecule has 0 saturated heterocycles. The number of hydrogen-bond acceptors (Lipinski definition) is 0. The van der Waals surface area contributed by atoms with Gasteiger partial charge in [0.25, 0.3) is 0 Å². The molecule has 0 aliphatic rings. The monoisotopic (exact) mass is 544 g/mol. The maximum absolute atomic E-state index is 2.26. The summed E-state index contributed by atoms with van der Waals surface area (Å²) in [6.45, 7) is 12.7. The molecule has 5 aromatic carbocycles. The molecule has 0 N–H and O–H groups in total. The van der Waals surface area contributed by atoms with Crippen LogP contribution >= 0.6 is 0 Å². The maximum atomic E-state index is 2.26. The van der Waals surface area contributed by atoms with Gasteiger partial charge in [0.05, 0.1) is 0 Å². The van der Waals surface area contributed by atoms with Gasteiger partial charge in [-0.1, -0.05) is 200 Å². The molecule has 41 heavy (non-hydrogen) atoms. The summed E-state index contributed by atoms with van der Waals surface area (Å²) in [6.07, 6.45) is 6.68. The van der Waals surface area contributed by atoms with E-state index in [1.54, 1.807) is 0 Å². The summed E-state index contributed by atoms with van der Waals surface area (Å²) in [4.78, 5) is 0. The molecule has 0 amide bonds. The fraction of sp³-hybridized carbons (Fsp3) is 0.268. The summed E-state index contributed by atoms with van der Waals surface area (Å²) in [5, 5.41) is 0. The van der Waals surface area contributed by atoms with E-state index in [2.05, 4.69) is 114 Å². The first kappa shape index (κ1) is 35.1. The van der Waals surface area contributed by atoms with Gasteiger partial charge in [-0.3, -0.25) is 0 Å². The minimum Gasteiger partial charge on any atom is -0.0654 e. The lowest BCUT2D eigenvalue weighted by atomic mass is 10.1. The number of rotatable bonds is 5. The first-order valence-electron chi connectivity index (χ1n) is 15.0. The van der Waals surface area contributed by atoms with Crippen molar-refractivity contribution < 1.29 is 0 Å². The number of aryl methyl sites for hydroxylation is 6. The molecule has 5 aromatic rings. The van der Waals surface area contributed by atoms with Crippen molar-refractivity contribution in [3.63, 3.8) is 0 Å². The minimum atomic E-state index is 1.25. The lowest BCUT2D eigenvalue weighted by Gasteiger charge is -2.01. The average Bonchev–Trinajstić information content (AvgIpc) is 2.99. The van der Waals surface area contributed by atoms with Crippen molar-refractivity contribution >= 4 is 0 Å². The molecule has 216 valence electrons. The Bertz CT molecular complexity index is 1060. The number of hydrogen-bond donors (Lipinski definition) is 0.